The van der Waals surface area contributed by atoms with Gasteiger partial charge in [0.05, 0.1) is 18.2 Å². The number of methoxy groups -OCH3 is 1. The van der Waals surface area contributed by atoms with E-state index in [1.165, 1.54) is 5.56 Å². The van der Waals surface area contributed by atoms with E-state index >= 15 is 0 Å². The number of hydrogen-bond acceptors (Lipinski definition) is 6. The maximum absolute atomic E-state index is 13.5. The molecule has 1 N–H and O–H groups in total. The van der Waals surface area contributed by atoms with E-state index in [9.17, 15) is 4.79 Å². The minimum Gasteiger partial charge on any atom is -0.497 e. The number of aromatic nitrogens is 5. The topological polar surface area (TPSA) is 88.9 Å². The number of fused-ring (bicyclic) bond motifs is 2. The number of nitrogens with one attached hydrogen (secondary N) is 1. The van der Waals surface area contributed by atoms with Crippen LogP contribution in [0.1, 0.15) is 50.2 Å². The number of anilines is 1. The highest BCUT2D eigenvalue weighted by molar-refractivity contribution is 5.81. The zero-order valence-corrected chi connectivity index (χ0v) is 19.4. The molecule has 8 nitrogen and oxygen atoms in total. The second-order valence-corrected chi connectivity index (χ2v) is 9.10. The molecular weight excluding hydrogens is 416 g/mol. The average Bonchev–Trinajstić information content (AvgIpc) is 3.48. The van der Waals surface area contributed by atoms with E-state index in [4.69, 9.17) is 4.74 Å². The van der Waals surface area contributed by atoms with E-state index in [2.05, 4.69) is 64.4 Å². The molecule has 0 amide bonds. The molecule has 0 saturated carbocycles. The molecule has 2 aromatic carbocycles. The smallest absolute Gasteiger partial charge is 0.254 e. The molecule has 5 rings (SSSR count). The Balaban J connectivity index is 1.74. The van der Waals surface area contributed by atoms with Crippen molar-refractivity contribution < 1.29 is 4.74 Å². The van der Waals surface area contributed by atoms with Crippen molar-refractivity contribution in [3.63, 3.8) is 0 Å². The van der Waals surface area contributed by atoms with E-state index < -0.39 is 6.04 Å². The highest BCUT2D eigenvalue weighted by Crippen LogP contribution is 2.38. The van der Waals surface area contributed by atoms with Gasteiger partial charge in [0.15, 0.2) is 5.82 Å². The van der Waals surface area contributed by atoms with E-state index in [-0.39, 0.29) is 11.1 Å². The van der Waals surface area contributed by atoms with Crippen LogP contribution in [0.25, 0.3) is 10.9 Å². The van der Waals surface area contributed by atoms with Gasteiger partial charge < -0.3 is 14.6 Å². The van der Waals surface area contributed by atoms with Crippen molar-refractivity contribution >= 4 is 16.6 Å². The van der Waals surface area contributed by atoms with Gasteiger partial charge in [-0.25, -0.2) is 4.68 Å². The van der Waals surface area contributed by atoms with Crippen molar-refractivity contribution in [2.75, 3.05) is 18.6 Å². The summed E-state index contributed by atoms with van der Waals surface area (Å²) in [6.45, 7) is 7.11. The molecule has 4 aromatic rings. The number of ether oxygens (including phenoxy) is 1. The zero-order chi connectivity index (χ0) is 23.2. The van der Waals surface area contributed by atoms with Gasteiger partial charge in [-0.05, 0) is 72.3 Å². The number of H-pyrrole nitrogens is 1. The lowest BCUT2D eigenvalue weighted by atomic mass is 9.99. The van der Waals surface area contributed by atoms with Crippen molar-refractivity contribution in [1.82, 2.24) is 25.2 Å². The Kier molecular flexibility index (Phi) is 5.15. The van der Waals surface area contributed by atoms with Crippen LogP contribution in [0.3, 0.4) is 0 Å². The molecule has 0 fully saturated rings. The lowest BCUT2D eigenvalue weighted by Crippen LogP contribution is -2.37. The van der Waals surface area contributed by atoms with Gasteiger partial charge in [0, 0.05) is 23.9 Å². The van der Waals surface area contributed by atoms with Gasteiger partial charge in [-0.3, -0.25) is 4.79 Å². The van der Waals surface area contributed by atoms with Crippen LogP contribution in [0.15, 0.2) is 53.3 Å². The van der Waals surface area contributed by atoms with Gasteiger partial charge in [0.2, 0.25) is 0 Å². The maximum Gasteiger partial charge on any atom is 0.254 e. The highest BCUT2D eigenvalue weighted by Gasteiger charge is 2.36. The largest absolute Gasteiger partial charge is 0.497 e. The van der Waals surface area contributed by atoms with E-state index in [1.807, 2.05) is 35.0 Å². The van der Waals surface area contributed by atoms with Gasteiger partial charge in [0.25, 0.3) is 5.56 Å². The quantitative estimate of drug-likeness (QED) is 0.486. The second kappa shape index (κ2) is 8.03. The first-order valence-electron chi connectivity index (χ1n) is 11.3. The molecule has 0 aliphatic carbocycles. The lowest BCUT2D eigenvalue weighted by Gasteiger charge is -2.32. The van der Waals surface area contributed by atoms with Crippen molar-refractivity contribution in [2.45, 2.75) is 45.2 Å². The number of rotatable bonds is 6. The fourth-order valence-electron chi connectivity index (χ4n) is 4.55. The average molecular weight is 445 g/mol. The zero-order valence-electron chi connectivity index (χ0n) is 19.4. The van der Waals surface area contributed by atoms with Gasteiger partial charge in [-0.2, -0.15) is 0 Å². The van der Waals surface area contributed by atoms with Crippen LogP contribution in [0.4, 0.5) is 5.69 Å². The Hall–Kier alpha value is -3.68. The molecule has 3 heterocycles. The third-order valence-electron chi connectivity index (χ3n) is 6.79. The van der Waals surface area contributed by atoms with Crippen molar-refractivity contribution in [2.24, 2.45) is 0 Å². The number of hydrogen-bond donors (Lipinski definition) is 1. The van der Waals surface area contributed by atoms with Crippen LogP contribution >= 0.6 is 0 Å². The number of pyridine rings is 1. The summed E-state index contributed by atoms with van der Waals surface area (Å²) < 4.78 is 7.20. The highest BCUT2D eigenvalue weighted by atomic mass is 16.5. The first kappa shape index (κ1) is 21.2. The Morgan fingerprint density at radius 3 is 2.79 bits per heavy atom. The molecule has 33 heavy (non-hydrogen) atoms. The fraction of sp³-hybridized carbons (Fsp3) is 0.360. The maximum atomic E-state index is 13.5. The van der Waals surface area contributed by atoms with Gasteiger partial charge >= 0.3 is 0 Å². The van der Waals surface area contributed by atoms with E-state index in [0.717, 1.165) is 36.0 Å². The molecule has 0 radical (unpaired) electrons. The summed E-state index contributed by atoms with van der Waals surface area (Å²) >= 11 is 0. The number of para-hydroxylation sites is 1. The summed E-state index contributed by atoms with van der Waals surface area (Å²) in [7, 11) is 1.61. The third-order valence-corrected chi connectivity index (χ3v) is 6.79. The monoisotopic (exact) mass is 444 g/mol. The molecule has 170 valence electrons. The predicted molar refractivity (Wildman–Crippen MR) is 128 cm³/mol. The summed E-state index contributed by atoms with van der Waals surface area (Å²) in [5.41, 5.74) is 3.27. The number of benzene rings is 2. The van der Waals surface area contributed by atoms with Crippen LogP contribution < -0.4 is 15.2 Å². The van der Waals surface area contributed by atoms with Crippen LogP contribution in [0, 0.1) is 0 Å². The number of aromatic amines is 1. The number of nitrogens with zero attached hydrogens (tertiary/aromatic N) is 5. The molecule has 1 atom stereocenters. The Bertz CT molecular complexity index is 1370. The van der Waals surface area contributed by atoms with E-state index in [0.29, 0.717) is 17.1 Å². The minimum absolute atomic E-state index is 0.158. The van der Waals surface area contributed by atoms with Crippen molar-refractivity contribution in [3.8, 4) is 5.75 Å². The van der Waals surface area contributed by atoms with Crippen molar-refractivity contribution in [3.05, 3.63) is 75.8 Å². The Morgan fingerprint density at radius 1 is 1.18 bits per heavy atom. The van der Waals surface area contributed by atoms with Crippen LogP contribution in [0.2, 0.25) is 0 Å². The minimum atomic E-state index is -0.426. The molecule has 0 spiro atoms. The van der Waals surface area contributed by atoms with Crippen LogP contribution in [0.5, 0.6) is 5.75 Å². The Labute approximate surface area is 192 Å². The molecule has 1 aliphatic rings. The van der Waals surface area contributed by atoms with Crippen LogP contribution in [-0.4, -0.2) is 38.8 Å². The molecule has 0 unspecified atom stereocenters. The van der Waals surface area contributed by atoms with Crippen molar-refractivity contribution in [1.29, 1.82) is 0 Å². The molecular formula is C25H28N6O2. The van der Waals surface area contributed by atoms with Crippen LogP contribution in [-0.2, 0) is 12.0 Å². The summed E-state index contributed by atoms with van der Waals surface area (Å²) in [5.74, 6) is 1.36. The predicted octanol–water partition coefficient (Wildman–Crippen LogP) is 3.82. The lowest BCUT2D eigenvalue weighted by molar-refractivity contribution is 0.287. The molecule has 2 aromatic heterocycles. The van der Waals surface area contributed by atoms with Gasteiger partial charge in [-0.15, -0.1) is 5.10 Å². The standard InChI is InChI=1S/C25H28N6O2/c1-5-25(2,3)31-23(27-28-29-31)22(30-13-12-16-8-6-7-9-21(16)30)19-14-17-10-11-18(33-4)15-20(17)26-24(19)32/h6-11,14-15,22H,5,12-13H2,1-4H3,(H,26,32)/t22-/m1/s1. The first-order chi connectivity index (χ1) is 15.9. The Morgan fingerprint density at radius 2 is 2.00 bits per heavy atom. The summed E-state index contributed by atoms with van der Waals surface area (Å²) in [6.07, 6.45) is 1.76. The van der Waals surface area contributed by atoms with Gasteiger partial charge in [0.1, 0.15) is 11.8 Å². The molecule has 8 heteroatoms. The normalized spacial score (nSPS) is 14.5. The summed E-state index contributed by atoms with van der Waals surface area (Å²) in [6, 6.07) is 15.6. The molecule has 0 bridgehead atoms. The number of tetrazole rings is 1. The first-order valence-corrected chi connectivity index (χ1v) is 11.3. The second-order valence-electron chi connectivity index (χ2n) is 9.10. The SMILES string of the molecule is CCC(C)(C)n1nnnc1[C@@H](c1cc2ccc(OC)cc2[nH]c1=O)N1CCc2ccccc21. The molecule has 1 aliphatic heterocycles. The third kappa shape index (κ3) is 3.55. The van der Waals surface area contributed by atoms with E-state index in [1.54, 1.807) is 7.11 Å². The fourth-order valence-corrected chi connectivity index (χ4v) is 4.55. The molecule has 0 saturated heterocycles. The summed E-state index contributed by atoms with van der Waals surface area (Å²) in [4.78, 5) is 18.8. The van der Waals surface area contributed by atoms with Gasteiger partial charge in [-0.1, -0.05) is 25.1 Å². The summed E-state index contributed by atoms with van der Waals surface area (Å²) in [5, 5.41) is 13.8.